The lowest BCUT2D eigenvalue weighted by Gasteiger charge is -2.10. The number of carbonyl (C=O) groups is 2. The van der Waals surface area contributed by atoms with Crippen LogP contribution in [0.25, 0.3) is 0 Å². The number of aromatic nitrogens is 1. The van der Waals surface area contributed by atoms with Gasteiger partial charge in [0.15, 0.2) is 0 Å². The molecule has 6 heteroatoms. The number of nitrogens with zero attached hydrogens (tertiary/aromatic N) is 1. The molecule has 102 valence electrons. The van der Waals surface area contributed by atoms with Gasteiger partial charge in [0.25, 0.3) is 5.91 Å². The van der Waals surface area contributed by atoms with Crippen molar-refractivity contribution in [3.8, 4) is 0 Å². The molecule has 0 fully saturated rings. The van der Waals surface area contributed by atoms with Gasteiger partial charge < -0.3 is 16.2 Å². The molecule has 0 aliphatic carbocycles. The molecule has 0 aliphatic rings. The van der Waals surface area contributed by atoms with Crippen LogP contribution >= 0.6 is 0 Å². The first-order valence-corrected chi connectivity index (χ1v) is 5.85. The molecule has 1 aromatic carbocycles. The predicted molar refractivity (Wildman–Crippen MR) is 74.7 cm³/mol. The van der Waals surface area contributed by atoms with Crippen molar-refractivity contribution in [3.63, 3.8) is 0 Å². The second-order valence-electron chi connectivity index (χ2n) is 4.23. The molecule has 2 rings (SSSR count). The Hall–Kier alpha value is -2.89. The van der Waals surface area contributed by atoms with E-state index in [2.05, 4.69) is 10.3 Å². The van der Waals surface area contributed by atoms with Crippen LogP contribution in [-0.2, 0) is 0 Å². The summed E-state index contributed by atoms with van der Waals surface area (Å²) < 4.78 is 0. The molecule has 6 nitrogen and oxygen atoms in total. The predicted octanol–water partition coefficient (Wildman–Crippen LogP) is 1.92. The quantitative estimate of drug-likeness (QED) is 0.739. The lowest BCUT2D eigenvalue weighted by Crippen LogP contribution is -2.17. The Morgan fingerprint density at radius 2 is 2.05 bits per heavy atom. The minimum Gasteiger partial charge on any atom is -0.478 e. The molecule has 0 bridgehead atoms. The molecular weight excluding hydrogens is 258 g/mol. The summed E-state index contributed by atoms with van der Waals surface area (Å²) in [4.78, 5) is 27.2. The summed E-state index contributed by atoms with van der Waals surface area (Å²) in [6, 6.07) is 7.68. The third-order valence-corrected chi connectivity index (χ3v) is 2.75. The van der Waals surface area contributed by atoms with Crippen LogP contribution in [-0.4, -0.2) is 22.0 Å². The first-order chi connectivity index (χ1) is 9.49. The minimum absolute atomic E-state index is 0.0267. The number of benzene rings is 1. The minimum atomic E-state index is -1.14. The van der Waals surface area contributed by atoms with E-state index in [9.17, 15) is 9.59 Å². The Kier molecular flexibility index (Phi) is 3.65. The third-order valence-electron chi connectivity index (χ3n) is 2.75. The number of nitrogen functional groups attached to an aromatic ring is 1. The lowest BCUT2D eigenvalue weighted by molar-refractivity contribution is 0.0698. The zero-order valence-corrected chi connectivity index (χ0v) is 10.8. The van der Waals surface area contributed by atoms with Crippen molar-refractivity contribution in [2.75, 3.05) is 11.1 Å². The van der Waals surface area contributed by atoms with E-state index in [1.54, 1.807) is 19.1 Å². The number of nitrogens with two attached hydrogens (primary N) is 1. The number of rotatable bonds is 3. The summed E-state index contributed by atoms with van der Waals surface area (Å²) in [5.74, 6) is -1.62. The van der Waals surface area contributed by atoms with Gasteiger partial charge >= 0.3 is 5.97 Å². The molecule has 1 amide bonds. The van der Waals surface area contributed by atoms with E-state index in [0.29, 0.717) is 11.3 Å². The molecule has 0 atom stereocenters. The molecule has 4 N–H and O–H groups in total. The molecular formula is C14H13N3O3. The molecule has 20 heavy (non-hydrogen) atoms. The van der Waals surface area contributed by atoms with Gasteiger partial charge in [-0.15, -0.1) is 0 Å². The van der Waals surface area contributed by atoms with Crippen molar-refractivity contribution < 1.29 is 14.7 Å². The highest BCUT2D eigenvalue weighted by molar-refractivity contribution is 6.07. The van der Waals surface area contributed by atoms with Crippen LogP contribution in [0.4, 0.5) is 11.4 Å². The van der Waals surface area contributed by atoms with E-state index >= 15 is 0 Å². The number of amides is 1. The molecule has 0 radical (unpaired) electrons. The van der Waals surface area contributed by atoms with Crippen molar-refractivity contribution in [3.05, 3.63) is 53.3 Å². The van der Waals surface area contributed by atoms with Crippen molar-refractivity contribution >= 4 is 23.3 Å². The van der Waals surface area contributed by atoms with Gasteiger partial charge in [-0.05, 0) is 36.8 Å². The highest BCUT2D eigenvalue weighted by Gasteiger charge is 2.15. The standard InChI is InChI=1S/C14H13N3O3/c1-8-3-2-6-16-12(8)13(18)17-11-7-9(15)4-5-10(11)14(19)20/h2-7H,15H2,1H3,(H,17,18)(H,19,20). The summed E-state index contributed by atoms with van der Waals surface area (Å²) in [7, 11) is 0. The second-order valence-corrected chi connectivity index (χ2v) is 4.23. The maximum atomic E-state index is 12.1. The SMILES string of the molecule is Cc1cccnc1C(=O)Nc1cc(N)ccc1C(=O)O. The average Bonchev–Trinajstić information content (AvgIpc) is 2.38. The highest BCUT2D eigenvalue weighted by Crippen LogP contribution is 2.20. The van der Waals surface area contributed by atoms with Gasteiger partial charge in [0.05, 0.1) is 11.3 Å². The van der Waals surface area contributed by atoms with Gasteiger partial charge in [0, 0.05) is 11.9 Å². The maximum absolute atomic E-state index is 12.1. The molecule has 0 saturated carbocycles. The third kappa shape index (κ3) is 2.74. The fraction of sp³-hybridized carbons (Fsp3) is 0.0714. The topological polar surface area (TPSA) is 105 Å². The van der Waals surface area contributed by atoms with Crippen LogP contribution in [0.2, 0.25) is 0 Å². The van der Waals surface area contributed by atoms with Crippen LogP contribution in [0.1, 0.15) is 26.4 Å². The Morgan fingerprint density at radius 3 is 2.70 bits per heavy atom. The smallest absolute Gasteiger partial charge is 0.337 e. The zero-order chi connectivity index (χ0) is 14.7. The summed E-state index contributed by atoms with van der Waals surface area (Å²) in [5.41, 5.74) is 7.04. The van der Waals surface area contributed by atoms with Crippen molar-refractivity contribution in [2.45, 2.75) is 6.92 Å². The highest BCUT2D eigenvalue weighted by atomic mass is 16.4. The number of carboxylic acids is 1. The maximum Gasteiger partial charge on any atom is 0.337 e. The van der Waals surface area contributed by atoms with Gasteiger partial charge in [-0.1, -0.05) is 6.07 Å². The van der Waals surface area contributed by atoms with E-state index in [1.807, 2.05) is 0 Å². The molecule has 0 unspecified atom stereocenters. The van der Waals surface area contributed by atoms with Crippen molar-refractivity contribution in [1.29, 1.82) is 0 Å². The van der Waals surface area contributed by atoms with Crippen LogP contribution in [0.15, 0.2) is 36.5 Å². The van der Waals surface area contributed by atoms with Gasteiger partial charge in [0.2, 0.25) is 0 Å². The largest absolute Gasteiger partial charge is 0.478 e. The molecule has 1 aromatic heterocycles. The van der Waals surface area contributed by atoms with E-state index in [4.69, 9.17) is 10.8 Å². The first-order valence-electron chi connectivity index (χ1n) is 5.85. The van der Waals surface area contributed by atoms with Crippen LogP contribution in [0.3, 0.4) is 0 Å². The van der Waals surface area contributed by atoms with E-state index in [-0.39, 0.29) is 16.9 Å². The Bertz CT molecular complexity index is 683. The van der Waals surface area contributed by atoms with Crippen LogP contribution < -0.4 is 11.1 Å². The van der Waals surface area contributed by atoms with E-state index in [0.717, 1.165) is 0 Å². The summed E-state index contributed by atoms with van der Waals surface area (Å²) in [6.07, 6.45) is 1.50. The second kappa shape index (κ2) is 5.40. The number of hydrogen-bond acceptors (Lipinski definition) is 4. The van der Waals surface area contributed by atoms with Gasteiger partial charge in [0.1, 0.15) is 5.69 Å². The lowest BCUT2D eigenvalue weighted by atomic mass is 10.1. The normalized spacial score (nSPS) is 10.1. The van der Waals surface area contributed by atoms with Crippen molar-refractivity contribution in [1.82, 2.24) is 4.98 Å². The van der Waals surface area contributed by atoms with Gasteiger partial charge in [-0.25, -0.2) is 4.79 Å². The number of carbonyl (C=O) groups excluding carboxylic acids is 1. The molecule has 0 spiro atoms. The Morgan fingerprint density at radius 1 is 1.30 bits per heavy atom. The average molecular weight is 271 g/mol. The molecule has 1 heterocycles. The van der Waals surface area contributed by atoms with Gasteiger partial charge in [-0.2, -0.15) is 0 Å². The first kappa shape index (κ1) is 13.5. The summed E-state index contributed by atoms with van der Waals surface area (Å²) >= 11 is 0. The van der Waals surface area contributed by atoms with E-state index in [1.165, 1.54) is 24.4 Å². The Balaban J connectivity index is 2.35. The van der Waals surface area contributed by atoms with E-state index < -0.39 is 11.9 Å². The monoisotopic (exact) mass is 271 g/mol. The van der Waals surface area contributed by atoms with Crippen molar-refractivity contribution in [2.24, 2.45) is 0 Å². The zero-order valence-electron chi connectivity index (χ0n) is 10.8. The number of aryl methyl sites for hydroxylation is 1. The molecule has 2 aromatic rings. The number of carboxylic acid groups (broad SMARTS) is 1. The fourth-order valence-corrected chi connectivity index (χ4v) is 1.76. The summed E-state index contributed by atoms with van der Waals surface area (Å²) in [5, 5.41) is 11.6. The van der Waals surface area contributed by atoms with Crippen LogP contribution in [0.5, 0.6) is 0 Å². The fourth-order valence-electron chi connectivity index (χ4n) is 1.76. The van der Waals surface area contributed by atoms with Gasteiger partial charge in [-0.3, -0.25) is 9.78 Å². The number of pyridine rings is 1. The number of nitrogens with one attached hydrogen (secondary N) is 1. The number of anilines is 2. The Labute approximate surface area is 115 Å². The van der Waals surface area contributed by atoms with Crippen LogP contribution in [0, 0.1) is 6.92 Å². The molecule has 0 saturated heterocycles. The number of hydrogen-bond donors (Lipinski definition) is 3. The molecule has 0 aliphatic heterocycles. The summed E-state index contributed by atoms with van der Waals surface area (Å²) in [6.45, 7) is 1.75. The number of aromatic carboxylic acids is 1.